The largest absolute Gasteiger partial charge is 0.523 e. The van der Waals surface area contributed by atoms with Gasteiger partial charge in [0.1, 0.15) is 12.4 Å². The highest BCUT2D eigenvalue weighted by molar-refractivity contribution is 6.59. The molecule has 0 aromatic heterocycles. The molecule has 0 atom stereocenters. The fraction of sp³-hybridized carbons (Fsp3) is 0.143. The molecule has 4 nitrogen and oxygen atoms in total. The van der Waals surface area contributed by atoms with Gasteiger partial charge in [0.15, 0.2) is 0 Å². The number of hydrogen-bond donors (Lipinski definition) is 1. The molecule has 0 spiro atoms. The monoisotopic (exact) mass is 258 g/mol. The summed E-state index contributed by atoms with van der Waals surface area (Å²) >= 11 is 0. The molecule has 2 aromatic carbocycles. The third kappa shape index (κ3) is 4.10. The fourth-order valence-electron chi connectivity index (χ4n) is 1.59. The average Bonchev–Trinajstić information content (AvgIpc) is 2.48. The summed E-state index contributed by atoms with van der Waals surface area (Å²) in [6.07, 6.45) is 0. The number of benzene rings is 2. The Morgan fingerprint density at radius 1 is 1.05 bits per heavy atom. The third-order valence-electron chi connectivity index (χ3n) is 2.61. The molecule has 2 rings (SSSR count). The van der Waals surface area contributed by atoms with Crippen molar-refractivity contribution in [1.29, 1.82) is 0 Å². The minimum Gasteiger partial charge on any atom is -0.497 e. The zero-order valence-corrected chi connectivity index (χ0v) is 10.7. The van der Waals surface area contributed by atoms with E-state index in [-0.39, 0.29) is 6.61 Å². The van der Waals surface area contributed by atoms with Crippen LogP contribution in [0.5, 0.6) is 5.75 Å². The van der Waals surface area contributed by atoms with Crippen LogP contribution in [0.3, 0.4) is 0 Å². The van der Waals surface area contributed by atoms with Crippen molar-refractivity contribution in [3.63, 3.8) is 0 Å². The molecule has 0 radical (unpaired) electrons. The molecule has 0 unspecified atom stereocenters. The van der Waals surface area contributed by atoms with Crippen LogP contribution in [0, 0.1) is 0 Å². The summed E-state index contributed by atoms with van der Waals surface area (Å²) in [7, 11) is 0.428. The molecule has 1 N–H and O–H groups in total. The molecule has 19 heavy (non-hydrogen) atoms. The van der Waals surface area contributed by atoms with Gasteiger partial charge in [-0.15, -0.1) is 0 Å². The van der Waals surface area contributed by atoms with Gasteiger partial charge in [-0.25, -0.2) is 4.89 Å². The Kier molecular flexibility index (Phi) is 4.97. The lowest BCUT2D eigenvalue weighted by molar-refractivity contribution is -0.231. The van der Waals surface area contributed by atoms with Crippen LogP contribution in [0.25, 0.3) is 0 Å². The predicted octanol–water partition coefficient (Wildman–Crippen LogP) is 1.53. The van der Waals surface area contributed by atoms with E-state index in [2.05, 4.69) is 0 Å². The molecule has 5 heteroatoms. The molecule has 0 amide bonds. The van der Waals surface area contributed by atoms with E-state index in [4.69, 9.17) is 14.4 Å². The van der Waals surface area contributed by atoms with Gasteiger partial charge in [0.25, 0.3) is 0 Å². The quantitative estimate of drug-likeness (QED) is 0.485. The molecule has 0 fully saturated rings. The Hall–Kier alpha value is -1.82. The van der Waals surface area contributed by atoms with Crippen molar-refractivity contribution >= 4 is 12.6 Å². The highest BCUT2D eigenvalue weighted by atomic mass is 17.2. The second-order valence-corrected chi connectivity index (χ2v) is 3.97. The Morgan fingerprint density at radius 2 is 1.84 bits per heavy atom. The van der Waals surface area contributed by atoms with Gasteiger partial charge in [-0.05, 0) is 23.2 Å². The first kappa shape index (κ1) is 13.6. The van der Waals surface area contributed by atoms with Crippen molar-refractivity contribution in [2.24, 2.45) is 0 Å². The van der Waals surface area contributed by atoms with Crippen LogP contribution in [-0.2, 0) is 16.3 Å². The van der Waals surface area contributed by atoms with Gasteiger partial charge in [0, 0.05) is 0 Å². The highest BCUT2D eigenvalue weighted by Crippen LogP contribution is 2.07. The maximum absolute atomic E-state index is 9.82. The molecule has 0 bridgehead atoms. The summed E-state index contributed by atoms with van der Waals surface area (Å²) in [5.74, 6) is 0.656. The molecular formula is C14H15BO4. The lowest BCUT2D eigenvalue weighted by Gasteiger charge is -2.09. The molecule has 0 saturated carbocycles. The number of ether oxygens (including phenoxy) is 1. The summed E-state index contributed by atoms with van der Waals surface area (Å²) in [4.78, 5) is 9.95. The Bertz CT molecular complexity index is 504. The maximum Gasteiger partial charge on any atom is 0.523 e. The second-order valence-electron chi connectivity index (χ2n) is 3.97. The summed E-state index contributed by atoms with van der Waals surface area (Å²) < 4.78 is 5.07. The van der Waals surface area contributed by atoms with Crippen LogP contribution in [-0.4, -0.2) is 19.3 Å². The van der Waals surface area contributed by atoms with Crippen LogP contribution in [0.15, 0.2) is 54.6 Å². The molecule has 0 aliphatic rings. The van der Waals surface area contributed by atoms with Crippen molar-refractivity contribution in [2.45, 2.75) is 6.61 Å². The van der Waals surface area contributed by atoms with Crippen molar-refractivity contribution < 1.29 is 19.5 Å². The van der Waals surface area contributed by atoms with Crippen LogP contribution < -0.4 is 10.2 Å². The third-order valence-corrected chi connectivity index (χ3v) is 2.61. The SMILES string of the molecule is COc1cccc(B(O)OOCc2ccccc2)c1. The first-order valence-corrected chi connectivity index (χ1v) is 5.94. The van der Waals surface area contributed by atoms with Crippen molar-refractivity contribution in [3.8, 4) is 5.75 Å². The van der Waals surface area contributed by atoms with Crippen LogP contribution in [0.4, 0.5) is 0 Å². The smallest absolute Gasteiger partial charge is 0.497 e. The summed E-state index contributed by atoms with van der Waals surface area (Å²) in [5, 5.41) is 9.82. The van der Waals surface area contributed by atoms with Gasteiger partial charge in [-0.3, -0.25) is 4.81 Å². The van der Waals surface area contributed by atoms with E-state index in [1.165, 1.54) is 0 Å². The van der Waals surface area contributed by atoms with E-state index in [1.807, 2.05) is 30.3 Å². The van der Waals surface area contributed by atoms with Crippen LogP contribution >= 0.6 is 0 Å². The fourth-order valence-corrected chi connectivity index (χ4v) is 1.59. The van der Waals surface area contributed by atoms with Gasteiger partial charge in [-0.2, -0.15) is 0 Å². The number of methoxy groups -OCH3 is 1. The zero-order chi connectivity index (χ0) is 13.5. The minimum absolute atomic E-state index is 0.280. The maximum atomic E-state index is 9.82. The molecule has 0 heterocycles. The Labute approximate surface area is 112 Å². The van der Waals surface area contributed by atoms with Gasteiger partial charge < -0.3 is 9.76 Å². The van der Waals surface area contributed by atoms with Crippen molar-refractivity contribution in [3.05, 3.63) is 60.2 Å². The summed E-state index contributed by atoms with van der Waals surface area (Å²) in [6, 6.07) is 16.6. The summed E-state index contributed by atoms with van der Waals surface area (Å²) in [6.45, 7) is 0.280. The molecule has 0 aliphatic carbocycles. The van der Waals surface area contributed by atoms with E-state index in [0.717, 1.165) is 5.56 Å². The van der Waals surface area contributed by atoms with Crippen LogP contribution in [0.2, 0.25) is 0 Å². The number of rotatable bonds is 6. The Balaban J connectivity index is 1.85. The second kappa shape index (κ2) is 6.94. The van der Waals surface area contributed by atoms with Gasteiger partial charge in [0.2, 0.25) is 0 Å². The molecule has 0 saturated heterocycles. The van der Waals surface area contributed by atoms with Crippen LogP contribution in [0.1, 0.15) is 5.56 Å². The van der Waals surface area contributed by atoms with Gasteiger partial charge in [0.05, 0.1) is 7.11 Å². The van der Waals surface area contributed by atoms with Crippen molar-refractivity contribution in [1.82, 2.24) is 0 Å². The normalized spacial score (nSPS) is 10.2. The predicted molar refractivity (Wildman–Crippen MR) is 72.9 cm³/mol. The van der Waals surface area contributed by atoms with Gasteiger partial charge in [-0.1, -0.05) is 42.5 Å². The molecule has 0 aliphatic heterocycles. The minimum atomic E-state index is -1.14. The molecule has 98 valence electrons. The Morgan fingerprint density at radius 3 is 2.58 bits per heavy atom. The number of hydrogen-bond acceptors (Lipinski definition) is 4. The van der Waals surface area contributed by atoms with Gasteiger partial charge >= 0.3 is 7.12 Å². The lowest BCUT2D eigenvalue weighted by Crippen LogP contribution is -2.33. The molecule has 2 aromatic rings. The highest BCUT2D eigenvalue weighted by Gasteiger charge is 2.18. The van der Waals surface area contributed by atoms with E-state index >= 15 is 0 Å². The standard InChI is InChI=1S/C14H15BO4/c1-17-14-9-5-8-13(10-14)15(16)19-18-11-12-6-3-2-4-7-12/h2-10,16H,11H2,1H3. The van der Waals surface area contributed by atoms with E-state index < -0.39 is 7.12 Å². The topological polar surface area (TPSA) is 47.9 Å². The first-order valence-electron chi connectivity index (χ1n) is 5.94. The summed E-state index contributed by atoms with van der Waals surface area (Å²) in [5.41, 5.74) is 1.55. The van der Waals surface area contributed by atoms with E-state index in [9.17, 15) is 5.02 Å². The van der Waals surface area contributed by atoms with E-state index in [1.54, 1.807) is 31.4 Å². The lowest BCUT2D eigenvalue weighted by atomic mass is 9.80. The van der Waals surface area contributed by atoms with Crippen molar-refractivity contribution in [2.75, 3.05) is 7.11 Å². The van der Waals surface area contributed by atoms with E-state index in [0.29, 0.717) is 11.2 Å². The average molecular weight is 258 g/mol. The first-order chi connectivity index (χ1) is 9.29. The zero-order valence-electron chi connectivity index (χ0n) is 10.7. The molecular weight excluding hydrogens is 243 g/mol.